The maximum absolute atomic E-state index is 12.4. The zero-order chi connectivity index (χ0) is 16.8. The first kappa shape index (κ1) is 16.2. The van der Waals surface area contributed by atoms with E-state index >= 15 is 0 Å². The Hall–Kier alpha value is -2.66. The van der Waals surface area contributed by atoms with Gasteiger partial charge in [-0.05, 0) is 46.8 Å². The molecule has 0 bridgehead atoms. The second-order valence-electron chi connectivity index (χ2n) is 5.31. The van der Waals surface area contributed by atoms with Crippen molar-refractivity contribution >= 4 is 17.2 Å². The van der Waals surface area contributed by atoms with E-state index in [0.717, 1.165) is 21.8 Å². The Morgan fingerprint density at radius 2 is 1.83 bits per heavy atom. The Balaban J connectivity index is 1.83. The quantitative estimate of drug-likeness (QED) is 0.747. The lowest BCUT2D eigenvalue weighted by Crippen LogP contribution is -2.30. The fraction of sp³-hybridized carbons (Fsp3) is 0.158. The van der Waals surface area contributed by atoms with Crippen molar-refractivity contribution in [3.8, 4) is 5.75 Å². The third-order valence-corrected chi connectivity index (χ3v) is 4.59. The zero-order valence-corrected chi connectivity index (χ0v) is 14.1. The van der Waals surface area contributed by atoms with Crippen LogP contribution in [0.15, 0.2) is 66.3 Å². The summed E-state index contributed by atoms with van der Waals surface area (Å²) in [5.41, 5.74) is 2.00. The molecule has 2 aromatic heterocycles. The molecule has 1 aromatic carbocycles. The van der Waals surface area contributed by atoms with Crippen molar-refractivity contribution in [3.63, 3.8) is 0 Å². The first-order valence-electron chi connectivity index (χ1n) is 7.62. The molecule has 0 aliphatic rings. The predicted molar refractivity (Wildman–Crippen MR) is 95.2 cm³/mol. The molecule has 3 rings (SSSR count). The lowest BCUT2D eigenvalue weighted by atomic mass is 9.99. The lowest BCUT2D eigenvalue weighted by molar-refractivity contribution is -0.120. The van der Waals surface area contributed by atoms with Gasteiger partial charge in [0, 0.05) is 17.3 Å². The van der Waals surface area contributed by atoms with Crippen molar-refractivity contribution in [3.05, 3.63) is 82.3 Å². The number of ether oxygens (including phenoxy) is 1. The van der Waals surface area contributed by atoms with Gasteiger partial charge in [0.15, 0.2) is 0 Å². The van der Waals surface area contributed by atoms with E-state index in [0.29, 0.717) is 6.42 Å². The lowest BCUT2D eigenvalue weighted by Gasteiger charge is -2.20. The number of methoxy groups -OCH3 is 1. The van der Waals surface area contributed by atoms with Gasteiger partial charge in [-0.15, -0.1) is 11.3 Å². The summed E-state index contributed by atoms with van der Waals surface area (Å²) in [6.45, 7) is 0. The molecule has 1 amide bonds. The fourth-order valence-corrected chi connectivity index (χ4v) is 3.20. The van der Waals surface area contributed by atoms with Crippen LogP contribution in [0.1, 0.15) is 22.0 Å². The number of carbonyl (C=O) groups excluding carboxylic acids is 1. The number of nitrogens with one attached hydrogen (secondary N) is 1. The number of hydrogen-bond acceptors (Lipinski definition) is 4. The molecule has 0 unspecified atom stereocenters. The third-order valence-electron chi connectivity index (χ3n) is 3.71. The van der Waals surface area contributed by atoms with Gasteiger partial charge in [0.25, 0.3) is 0 Å². The predicted octanol–water partition coefficient (Wildman–Crippen LogP) is 3.60. The van der Waals surface area contributed by atoms with E-state index in [1.807, 2.05) is 53.9 Å². The highest BCUT2D eigenvalue weighted by Crippen LogP contribution is 2.24. The molecule has 0 radical (unpaired) electrons. The second-order valence-corrected chi connectivity index (χ2v) is 6.34. The summed E-state index contributed by atoms with van der Waals surface area (Å²) in [5.74, 6) is 0.784. The number of aromatic nitrogens is 1. The molecule has 0 aliphatic carbocycles. The Kier molecular flexibility index (Phi) is 5.23. The van der Waals surface area contributed by atoms with Gasteiger partial charge in [-0.3, -0.25) is 9.78 Å². The number of pyridine rings is 1. The van der Waals surface area contributed by atoms with Gasteiger partial charge in [0.05, 0.1) is 19.6 Å². The maximum atomic E-state index is 12.4. The van der Waals surface area contributed by atoms with Crippen LogP contribution in [0.3, 0.4) is 0 Å². The number of nitrogens with zero attached hydrogens (tertiary/aromatic N) is 1. The van der Waals surface area contributed by atoms with Crippen LogP contribution < -0.4 is 10.1 Å². The van der Waals surface area contributed by atoms with Gasteiger partial charge in [-0.25, -0.2) is 0 Å². The molecule has 0 aliphatic heterocycles. The van der Waals surface area contributed by atoms with Crippen molar-refractivity contribution < 1.29 is 9.53 Å². The van der Waals surface area contributed by atoms with Crippen molar-refractivity contribution in [2.24, 2.45) is 0 Å². The monoisotopic (exact) mass is 338 g/mol. The van der Waals surface area contributed by atoms with Gasteiger partial charge in [-0.2, -0.15) is 0 Å². The van der Waals surface area contributed by atoms with E-state index in [2.05, 4.69) is 10.3 Å². The Labute approximate surface area is 145 Å². The fourth-order valence-electron chi connectivity index (χ4n) is 2.49. The molecular formula is C19H18N2O2S. The van der Waals surface area contributed by atoms with Crippen LogP contribution in [0, 0.1) is 0 Å². The molecule has 4 nitrogen and oxygen atoms in total. The van der Waals surface area contributed by atoms with Gasteiger partial charge in [0.2, 0.25) is 5.91 Å². The summed E-state index contributed by atoms with van der Waals surface area (Å²) in [6.07, 6.45) is 3.85. The van der Waals surface area contributed by atoms with Crippen LogP contribution >= 0.6 is 11.3 Å². The molecule has 1 atom stereocenters. The van der Waals surface area contributed by atoms with Crippen LogP contribution in [-0.4, -0.2) is 18.0 Å². The minimum atomic E-state index is -0.216. The highest BCUT2D eigenvalue weighted by molar-refractivity contribution is 7.10. The molecule has 0 saturated carbocycles. The third kappa shape index (κ3) is 4.00. The topological polar surface area (TPSA) is 51.2 Å². The van der Waals surface area contributed by atoms with Gasteiger partial charge >= 0.3 is 0 Å². The average Bonchev–Trinajstić information content (AvgIpc) is 3.13. The Morgan fingerprint density at radius 1 is 1.12 bits per heavy atom. The van der Waals surface area contributed by atoms with Crippen LogP contribution in [0.25, 0.3) is 0 Å². The van der Waals surface area contributed by atoms with E-state index in [4.69, 9.17) is 4.74 Å². The van der Waals surface area contributed by atoms with Gasteiger partial charge < -0.3 is 10.1 Å². The van der Waals surface area contributed by atoms with Crippen LogP contribution in [0.5, 0.6) is 5.75 Å². The Bertz CT molecular complexity index is 771. The van der Waals surface area contributed by atoms with Crippen LogP contribution in [-0.2, 0) is 11.2 Å². The maximum Gasteiger partial charge on any atom is 0.226 e. The number of rotatable bonds is 6. The molecule has 3 aromatic rings. The summed E-state index contributed by atoms with van der Waals surface area (Å²) >= 11 is 1.59. The SMILES string of the molecule is COc1ccc([C@H](NC(=O)Cc2cccs2)c2ccncc2)cc1. The number of hydrogen-bond donors (Lipinski definition) is 1. The van der Waals surface area contributed by atoms with E-state index < -0.39 is 0 Å². The number of benzene rings is 1. The second kappa shape index (κ2) is 7.75. The van der Waals surface area contributed by atoms with Crippen molar-refractivity contribution in [1.29, 1.82) is 0 Å². The standard InChI is InChI=1S/C19H18N2O2S/c1-23-16-6-4-14(5-7-16)19(15-8-10-20-11-9-15)21-18(22)13-17-3-2-12-24-17/h2-12,19H,13H2,1H3,(H,21,22)/t19-/m0/s1. The van der Waals surface area contributed by atoms with Crippen LogP contribution in [0.2, 0.25) is 0 Å². The average molecular weight is 338 g/mol. The van der Waals surface area contributed by atoms with Crippen molar-refractivity contribution in [2.45, 2.75) is 12.5 Å². The van der Waals surface area contributed by atoms with E-state index in [1.165, 1.54) is 0 Å². The molecule has 0 spiro atoms. The van der Waals surface area contributed by atoms with Gasteiger partial charge in [-0.1, -0.05) is 18.2 Å². The van der Waals surface area contributed by atoms with Crippen molar-refractivity contribution in [1.82, 2.24) is 10.3 Å². The highest BCUT2D eigenvalue weighted by atomic mass is 32.1. The van der Waals surface area contributed by atoms with E-state index in [1.54, 1.807) is 30.8 Å². The summed E-state index contributed by atoms with van der Waals surface area (Å²) in [5, 5.41) is 5.10. The summed E-state index contributed by atoms with van der Waals surface area (Å²) in [6, 6.07) is 15.3. The molecule has 122 valence electrons. The van der Waals surface area contributed by atoms with E-state index in [-0.39, 0.29) is 11.9 Å². The molecule has 0 saturated heterocycles. The first-order chi connectivity index (χ1) is 11.8. The molecule has 5 heteroatoms. The number of amides is 1. The summed E-state index contributed by atoms with van der Waals surface area (Å²) in [7, 11) is 1.64. The highest BCUT2D eigenvalue weighted by Gasteiger charge is 2.17. The van der Waals surface area contributed by atoms with Crippen molar-refractivity contribution in [2.75, 3.05) is 7.11 Å². The van der Waals surface area contributed by atoms with E-state index in [9.17, 15) is 4.79 Å². The molecule has 2 heterocycles. The molecule has 24 heavy (non-hydrogen) atoms. The minimum Gasteiger partial charge on any atom is -0.497 e. The zero-order valence-electron chi connectivity index (χ0n) is 13.3. The first-order valence-corrected chi connectivity index (χ1v) is 8.50. The molecular weight excluding hydrogens is 320 g/mol. The molecule has 0 fully saturated rings. The van der Waals surface area contributed by atoms with Gasteiger partial charge in [0.1, 0.15) is 5.75 Å². The largest absolute Gasteiger partial charge is 0.497 e. The van der Waals surface area contributed by atoms with Crippen LogP contribution in [0.4, 0.5) is 0 Å². The summed E-state index contributed by atoms with van der Waals surface area (Å²) < 4.78 is 5.21. The molecule has 1 N–H and O–H groups in total. The minimum absolute atomic E-state index is 0.00456. The normalized spacial score (nSPS) is 11.7. The number of thiophene rings is 1. The number of carbonyl (C=O) groups is 1. The summed E-state index contributed by atoms with van der Waals surface area (Å²) in [4.78, 5) is 17.6. The smallest absolute Gasteiger partial charge is 0.226 e. The Morgan fingerprint density at radius 3 is 2.46 bits per heavy atom.